The fourth-order valence-electron chi connectivity index (χ4n) is 3.42. The molecular formula is C19H20FN7O2S. The summed E-state index contributed by atoms with van der Waals surface area (Å²) >= 11 is 0. The first-order chi connectivity index (χ1) is 14.3. The Balaban J connectivity index is 1.47. The summed E-state index contributed by atoms with van der Waals surface area (Å²) in [6.07, 6.45) is 6.81. The SMILES string of the molecule is CS(=O)(=O)Nc1nccc(-c2ccc(NCC3(c4ncccc4F)CCC3)nn2)n1. The van der Waals surface area contributed by atoms with Gasteiger partial charge in [0.05, 0.1) is 17.6 Å². The van der Waals surface area contributed by atoms with Crippen molar-refractivity contribution in [3.8, 4) is 11.4 Å². The summed E-state index contributed by atoms with van der Waals surface area (Å²) in [6.45, 7) is 0.505. The topological polar surface area (TPSA) is 123 Å². The van der Waals surface area contributed by atoms with Crippen LogP contribution in [0.5, 0.6) is 0 Å². The number of halogens is 1. The molecular weight excluding hydrogens is 409 g/mol. The number of sulfonamides is 1. The lowest BCUT2D eigenvalue weighted by Crippen LogP contribution is -2.42. The van der Waals surface area contributed by atoms with Crippen LogP contribution < -0.4 is 10.0 Å². The first kappa shape index (κ1) is 20.1. The summed E-state index contributed by atoms with van der Waals surface area (Å²) in [5.41, 5.74) is 1.04. The van der Waals surface area contributed by atoms with Crippen molar-refractivity contribution in [2.75, 3.05) is 22.8 Å². The van der Waals surface area contributed by atoms with Crippen molar-refractivity contribution in [3.63, 3.8) is 0 Å². The van der Waals surface area contributed by atoms with Crippen molar-refractivity contribution in [2.24, 2.45) is 0 Å². The van der Waals surface area contributed by atoms with E-state index in [4.69, 9.17) is 0 Å². The van der Waals surface area contributed by atoms with Crippen molar-refractivity contribution in [2.45, 2.75) is 24.7 Å². The Morgan fingerprint density at radius 1 is 1.07 bits per heavy atom. The highest BCUT2D eigenvalue weighted by Gasteiger charge is 2.41. The molecule has 0 spiro atoms. The number of hydrogen-bond acceptors (Lipinski definition) is 8. The predicted octanol–water partition coefficient (Wildman–Crippen LogP) is 2.37. The first-order valence-electron chi connectivity index (χ1n) is 9.34. The van der Waals surface area contributed by atoms with E-state index in [0.29, 0.717) is 29.4 Å². The maximum absolute atomic E-state index is 14.2. The summed E-state index contributed by atoms with van der Waals surface area (Å²) < 4.78 is 39.1. The van der Waals surface area contributed by atoms with Gasteiger partial charge in [-0.3, -0.25) is 9.71 Å². The fraction of sp³-hybridized carbons (Fsp3) is 0.316. The molecule has 3 aromatic rings. The molecule has 0 radical (unpaired) electrons. The maximum atomic E-state index is 14.2. The summed E-state index contributed by atoms with van der Waals surface area (Å²) in [5.74, 6) is 0.218. The van der Waals surface area contributed by atoms with E-state index in [0.717, 1.165) is 25.5 Å². The van der Waals surface area contributed by atoms with E-state index < -0.39 is 10.0 Å². The molecule has 0 unspecified atom stereocenters. The van der Waals surface area contributed by atoms with Crippen molar-refractivity contribution in [3.05, 3.63) is 54.2 Å². The minimum atomic E-state index is -3.48. The largest absolute Gasteiger partial charge is 0.368 e. The third kappa shape index (κ3) is 4.35. The van der Waals surface area contributed by atoms with Crippen LogP contribution in [0.25, 0.3) is 11.4 Å². The zero-order valence-corrected chi connectivity index (χ0v) is 17.0. The lowest BCUT2D eigenvalue weighted by Gasteiger charge is -2.41. The normalized spacial score (nSPS) is 15.3. The van der Waals surface area contributed by atoms with Gasteiger partial charge in [0.2, 0.25) is 16.0 Å². The molecule has 0 saturated heterocycles. The Kier molecular flexibility index (Phi) is 5.29. The monoisotopic (exact) mass is 429 g/mol. The van der Waals surface area contributed by atoms with E-state index in [9.17, 15) is 12.8 Å². The van der Waals surface area contributed by atoms with Gasteiger partial charge in [0.15, 0.2) is 0 Å². The van der Waals surface area contributed by atoms with Gasteiger partial charge in [-0.25, -0.2) is 22.8 Å². The maximum Gasteiger partial charge on any atom is 0.237 e. The fourth-order valence-corrected chi connectivity index (χ4v) is 3.85. The highest BCUT2D eigenvalue weighted by Crippen LogP contribution is 2.43. The van der Waals surface area contributed by atoms with Crippen LogP contribution in [0, 0.1) is 5.82 Å². The number of rotatable bonds is 7. The highest BCUT2D eigenvalue weighted by molar-refractivity contribution is 7.91. The Hall–Kier alpha value is -3.21. The molecule has 0 bridgehead atoms. The lowest BCUT2D eigenvalue weighted by atomic mass is 9.66. The van der Waals surface area contributed by atoms with Crippen LogP contribution in [0.1, 0.15) is 25.0 Å². The van der Waals surface area contributed by atoms with Gasteiger partial charge in [-0.15, -0.1) is 10.2 Å². The number of hydrogen-bond donors (Lipinski definition) is 2. The third-order valence-corrected chi connectivity index (χ3v) is 5.59. The Morgan fingerprint density at radius 3 is 2.53 bits per heavy atom. The Bertz CT molecular complexity index is 1150. The van der Waals surface area contributed by atoms with Gasteiger partial charge < -0.3 is 5.32 Å². The van der Waals surface area contributed by atoms with E-state index in [1.54, 1.807) is 30.5 Å². The zero-order chi connectivity index (χ0) is 21.2. The first-order valence-corrected chi connectivity index (χ1v) is 11.2. The molecule has 0 aliphatic heterocycles. The summed E-state index contributed by atoms with van der Waals surface area (Å²) in [5, 5.41) is 11.5. The summed E-state index contributed by atoms with van der Waals surface area (Å²) in [4.78, 5) is 12.3. The molecule has 0 aromatic carbocycles. The second-order valence-electron chi connectivity index (χ2n) is 7.26. The molecule has 3 heterocycles. The van der Waals surface area contributed by atoms with Gasteiger partial charge in [0.1, 0.15) is 17.3 Å². The molecule has 1 fully saturated rings. The molecule has 3 aromatic heterocycles. The molecule has 1 aliphatic carbocycles. The predicted molar refractivity (Wildman–Crippen MR) is 110 cm³/mol. The second kappa shape index (κ2) is 7.90. The average Bonchev–Trinajstić information content (AvgIpc) is 2.68. The van der Waals surface area contributed by atoms with E-state index in [1.165, 1.54) is 12.3 Å². The molecule has 30 heavy (non-hydrogen) atoms. The van der Waals surface area contributed by atoms with Crippen LogP contribution >= 0.6 is 0 Å². The van der Waals surface area contributed by atoms with E-state index >= 15 is 0 Å². The zero-order valence-electron chi connectivity index (χ0n) is 16.2. The van der Waals surface area contributed by atoms with Gasteiger partial charge in [-0.05, 0) is 43.2 Å². The van der Waals surface area contributed by atoms with Crippen LogP contribution in [-0.2, 0) is 15.4 Å². The second-order valence-corrected chi connectivity index (χ2v) is 9.01. The molecule has 9 nitrogen and oxygen atoms in total. The Labute approximate surface area is 173 Å². The standard InChI is InChI=1S/C19H20FN7O2S/c1-30(28,29)27-18-22-11-7-14(24-18)15-5-6-16(26-25-15)23-12-19(8-3-9-19)17-13(20)4-2-10-21-17/h2,4-7,10-11H,3,8-9,12H2,1H3,(H,23,26)(H,22,24,27). The van der Waals surface area contributed by atoms with Crippen LogP contribution in [0.4, 0.5) is 16.2 Å². The van der Waals surface area contributed by atoms with Gasteiger partial charge in [0.25, 0.3) is 0 Å². The van der Waals surface area contributed by atoms with E-state index in [2.05, 4.69) is 35.2 Å². The van der Waals surface area contributed by atoms with Crippen LogP contribution in [0.2, 0.25) is 0 Å². The summed E-state index contributed by atoms with van der Waals surface area (Å²) in [7, 11) is -3.48. The van der Waals surface area contributed by atoms with E-state index in [1.807, 2.05) is 0 Å². The smallest absolute Gasteiger partial charge is 0.237 e. The van der Waals surface area contributed by atoms with Crippen molar-refractivity contribution in [1.29, 1.82) is 0 Å². The molecule has 1 saturated carbocycles. The molecule has 11 heteroatoms. The Morgan fingerprint density at radius 2 is 1.90 bits per heavy atom. The molecule has 0 atom stereocenters. The molecule has 0 amide bonds. The van der Waals surface area contributed by atoms with Gasteiger partial charge >= 0.3 is 0 Å². The quantitative estimate of drug-likeness (QED) is 0.587. The minimum Gasteiger partial charge on any atom is -0.368 e. The third-order valence-electron chi connectivity index (χ3n) is 5.04. The van der Waals surface area contributed by atoms with E-state index in [-0.39, 0.29) is 17.2 Å². The molecule has 156 valence electrons. The molecule has 2 N–H and O–H groups in total. The van der Waals surface area contributed by atoms with Crippen molar-refractivity contribution >= 4 is 21.8 Å². The van der Waals surface area contributed by atoms with Gasteiger partial charge in [-0.1, -0.05) is 6.42 Å². The van der Waals surface area contributed by atoms with Crippen molar-refractivity contribution in [1.82, 2.24) is 25.1 Å². The highest BCUT2D eigenvalue weighted by atomic mass is 32.2. The summed E-state index contributed by atoms with van der Waals surface area (Å²) in [6, 6.07) is 8.10. The number of anilines is 2. The number of nitrogens with zero attached hydrogens (tertiary/aromatic N) is 5. The lowest BCUT2D eigenvalue weighted by molar-refractivity contribution is 0.243. The van der Waals surface area contributed by atoms with Crippen molar-refractivity contribution < 1.29 is 12.8 Å². The number of aromatic nitrogens is 5. The van der Waals surface area contributed by atoms with Crippen LogP contribution in [-0.4, -0.2) is 46.4 Å². The van der Waals surface area contributed by atoms with Crippen LogP contribution in [0.15, 0.2) is 42.7 Å². The van der Waals surface area contributed by atoms with Crippen LogP contribution in [0.3, 0.4) is 0 Å². The minimum absolute atomic E-state index is 0.0386. The number of pyridine rings is 1. The van der Waals surface area contributed by atoms with Gasteiger partial charge in [0, 0.05) is 24.4 Å². The molecule has 1 aliphatic rings. The number of nitrogens with one attached hydrogen (secondary N) is 2. The average molecular weight is 429 g/mol. The molecule has 4 rings (SSSR count). The van der Waals surface area contributed by atoms with Gasteiger partial charge in [-0.2, -0.15) is 0 Å².